The Balaban J connectivity index is 0.000000148. The summed E-state index contributed by atoms with van der Waals surface area (Å²) < 4.78 is 0. The zero-order valence-electron chi connectivity index (χ0n) is 38.1. The van der Waals surface area contributed by atoms with Gasteiger partial charge in [0.15, 0.2) is 0 Å². The van der Waals surface area contributed by atoms with E-state index in [1.54, 1.807) is 0 Å². The quantitative estimate of drug-likeness (QED) is 0.0560. The van der Waals surface area contributed by atoms with Crippen LogP contribution in [0.25, 0.3) is 43.4 Å². The first-order valence-corrected chi connectivity index (χ1v) is 23.1. The van der Waals surface area contributed by atoms with Crippen molar-refractivity contribution in [3.05, 3.63) is 163 Å². The maximum Gasteiger partial charge on any atom is 0.0423 e. The Morgan fingerprint density at radius 3 is 1.27 bits per heavy atom. The number of rotatable bonds is 9. The Morgan fingerprint density at radius 1 is 0.453 bits per heavy atom. The topological polar surface area (TPSA) is 168 Å². The highest BCUT2D eigenvalue weighted by Gasteiger charge is 2.22. The standard InChI is InChI=1S/C23H31N.C14H18N2.2C10H10N2/c1-2-3-4-5-18-6-8-19(9-7-18)20-10-12-21(13-11-20)22-14-16-23(24)17-15-22;1-3-10(2)16-14-9-8-13(15)11-6-4-5-7-12(11)14;2*11-9-5-6-10(12)8-4-2-1-3-7(8)9/h10-19H,2-9,24H2,1H3;4-10,16H,3,15H2,1-2H3;2*1-6H,11-12H2. The van der Waals surface area contributed by atoms with Gasteiger partial charge in [0.25, 0.3) is 0 Å². The van der Waals surface area contributed by atoms with Crippen molar-refractivity contribution in [3.63, 3.8) is 0 Å². The van der Waals surface area contributed by atoms with E-state index in [1.807, 2.05) is 103 Å². The lowest BCUT2D eigenvalue weighted by Gasteiger charge is -2.29. The van der Waals surface area contributed by atoms with Gasteiger partial charge in [0, 0.05) is 78.2 Å². The predicted octanol–water partition coefficient (Wildman–Crippen LogP) is 14.4. The molecule has 1 aliphatic rings. The molecule has 1 atom stereocenters. The van der Waals surface area contributed by atoms with Crippen molar-refractivity contribution in [2.75, 3.05) is 39.7 Å². The van der Waals surface area contributed by atoms with Gasteiger partial charge in [-0.25, -0.2) is 0 Å². The van der Waals surface area contributed by atoms with Crippen LogP contribution in [0.15, 0.2) is 158 Å². The van der Waals surface area contributed by atoms with Crippen LogP contribution in [-0.4, -0.2) is 6.04 Å². The number of hydrogen-bond donors (Lipinski definition) is 7. The molecular formula is C57H69N7. The van der Waals surface area contributed by atoms with E-state index in [0.717, 1.165) is 79.3 Å². The van der Waals surface area contributed by atoms with E-state index < -0.39 is 0 Å². The average molecular weight is 852 g/mol. The molecule has 0 heterocycles. The summed E-state index contributed by atoms with van der Waals surface area (Å²) >= 11 is 0. The highest BCUT2D eigenvalue weighted by atomic mass is 14.9. The molecule has 64 heavy (non-hydrogen) atoms. The van der Waals surface area contributed by atoms with Gasteiger partial charge >= 0.3 is 0 Å². The lowest BCUT2D eigenvalue weighted by Crippen LogP contribution is -2.13. The van der Waals surface area contributed by atoms with Crippen LogP contribution < -0.4 is 39.7 Å². The van der Waals surface area contributed by atoms with E-state index >= 15 is 0 Å². The Morgan fingerprint density at radius 2 is 0.844 bits per heavy atom. The second kappa shape index (κ2) is 23.0. The summed E-state index contributed by atoms with van der Waals surface area (Å²) in [5.41, 5.74) is 44.8. The predicted molar refractivity (Wildman–Crippen MR) is 282 cm³/mol. The van der Waals surface area contributed by atoms with Crippen LogP contribution in [-0.2, 0) is 0 Å². The van der Waals surface area contributed by atoms with Gasteiger partial charge in [0.05, 0.1) is 0 Å². The molecule has 13 N–H and O–H groups in total. The van der Waals surface area contributed by atoms with Gasteiger partial charge in [-0.15, -0.1) is 0 Å². The first-order chi connectivity index (χ1) is 31.1. The third-order valence-corrected chi connectivity index (χ3v) is 12.6. The third kappa shape index (κ3) is 12.4. The van der Waals surface area contributed by atoms with Crippen molar-refractivity contribution in [2.24, 2.45) is 5.92 Å². The largest absolute Gasteiger partial charge is 0.399 e. The summed E-state index contributed by atoms with van der Waals surface area (Å²) in [6.45, 7) is 6.66. The van der Waals surface area contributed by atoms with Crippen LogP contribution in [0.1, 0.15) is 90.0 Å². The molecule has 7 nitrogen and oxygen atoms in total. The summed E-state index contributed by atoms with van der Waals surface area (Å²) in [4.78, 5) is 0. The van der Waals surface area contributed by atoms with Crippen LogP contribution in [0, 0.1) is 5.92 Å². The highest BCUT2D eigenvalue weighted by molar-refractivity contribution is 6.02. The highest BCUT2D eigenvalue weighted by Crippen LogP contribution is 2.38. The van der Waals surface area contributed by atoms with Crippen molar-refractivity contribution in [1.29, 1.82) is 0 Å². The molecule has 1 saturated carbocycles. The van der Waals surface area contributed by atoms with Gasteiger partial charge < -0.3 is 39.7 Å². The van der Waals surface area contributed by atoms with E-state index in [1.165, 1.54) is 79.1 Å². The molecule has 0 aliphatic heterocycles. The van der Waals surface area contributed by atoms with Crippen LogP contribution in [0.3, 0.4) is 0 Å². The zero-order valence-corrected chi connectivity index (χ0v) is 38.1. The minimum absolute atomic E-state index is 0.479. The van der Waals surface area contributed by atoms with Crippen LogP contribution in [0.5, 0.6) is 0 Å². The van der Waals surface area contributed by atoms with Gasteiger partial charge in [-0.2, -0.15) is 0 Å². The second-order valence-electron chi connectivity index (χ2n) is 17.2. The maximum absolute atomic E-state index is 5.96. The Labute approximate surface area is 381 Å². The molecule has 1 unspecified atom stereocenters. The average Bonchev–Trinajstić information content (AvgIpc) is 3.34. The second-order valence-corrected chi connectivity index (χ2v) is 17.2. The van der Waals surface area contributed by atoms with Gasteiger partial charge in [-0.3, -0.25) is 0 Å². The van der Waals surface area contributed by atoms with Crippen LogP contribution in [0.2, 0.25) is 0 Å². The summed E-state index contributed by atoms with van der Waals surface area (Å²) in [6, 6.07) is 53.2. The van der Waals surface area contributed by atoms with Crippen molar-refractivity contribution in [2.45, 2.75) is 90.5 Å². The number of nitrogens with one attached hydrogen (secondary N) is 1. The molecule has 1 aliphatic carbocycles. The molecular weight excluding hydrogens is 783 g/mol. The summed E-state index contributed by atoms with van der Waals surface area (Å²) in [6.07, 6.45) is 12.3. The first kappa shape index (κ1) is 46.6. The SMILES string of the molecule is CCC(C)Nc1ccc(N)c2ccccc12.CCCCCC1CCC(c2ccc(-c3ccc(N)cc3)cc2)CC1.Nc1ccc(N)c2ccccc12.Nc1ccc(N)c2ccccc12. The monoisotopic (exact) mass is 852 g/mol. The van der Waals surface area contributed by atoms with Crippen molar-refractivity contribution in [3.8, 4) is 11.1 Å². The van der Waals surface area contributed by atoms with Gasteiger partial charge in [0.1, 0.15) is 0 Å². The number of nitrogens with two attached hydrogens (primary N) is 6. The van der Waals surface area contributed by atoms with E-state index in [4.69, 9.17) is 34.4 Å². The number of unbranched alkanes of at least 4 members (excludes halogenated alkanes) is 2. The molecule has 7 heteroatoms. The van der Waals surface area contributed by atoms with E-state index in [9.17, 15) is 0 Å². The van der Waals surface area contributed by atoms with Gasteiger partial charge in [-0.1, -0.05) is 149 Å². The minimum atomic E-state index is 0.479. The van der Waals surface area contributed by atoms with E-state index in [2.05, 4.69) is 80.7 Å². The van der Waals surface area contributed by atoms with Crippen molar-refractivity contribution < 1.29 is 0 Å². The fourth-order valence-electron chi connectivity index (χ4n) is 8.60. The minimum Gasteiger partial charge on any atom is -0.399 e. The normalized spacial score (nSPS) is 14.9. The van der Waals surface area contributed by atoms with Gasteiger partial charge in [0.2, 0.25) is 0 Å². The number of nitrogen functional groups attached to an aromatic ring is 6. The fourth-order valence-corrected chi connectivity index (χ4v) is 8.60. The summed E-state index contributed by atoms with van der Waals surface area (Å²) in [5.74, 6) is 1.76. The Kier molecular flexibility index (Phi) is 16.8. The third-order valence-electron chi connectivity index (χ3n) is 12.6. The van der Waals surface area contributed by atoms with E-state index in [0.29, 0.717) is 6.04 Å². The molecule has 8 aromatic carbocycles. The Bertz CT molecular complexity index is 2520. The van der Waals surface area contributed by atoms with E-state index in [-0.39, 0.29) is 0 Å². The number of benzene rings is 8. The number of hydrogen-bond acceptors (Lipinski definition) is 7. The summed E-state index contributed by atoms with van der Waals surface area (Å²) in [7, 11) is 0. The molecule has 0 spiro atoms. The molecule has 1 fully saturated rings. The molecule has 9 rings (SSSR count). The molecule has 0 saturated heterocycles. The Hall–Kier alpha value is -6.86. The molecule has 8 aromatic rings. The summed E-state index contributed by atoms with van der Waals surface area (Å²) in [5, 5.41) is 9.93. The molecule has 0 aromatic heterocycles. The first-order valence-electron chi connectivity index (χ1n) is 23.1. The van der Waals surface area contributed by atoms with Gasteiger partial charge in [-0.05, 0) is 116 Å². The molecule has 0 radical (unpaired) electrons. The molecule has 332 valence electrons. The molecule has 0 amide bonds. The maximum atomic E-state index is 5.96. The smallest absolute Gasteiger partial charge is 0.0423 e. The lowest BCUT2D eigenvalue weighted by molar-refractivity contribution is 0.303. The number of anilines is 7. The fraction of sp³-hybridized carbons (Fsp3) is 0.263. The lowest BCUT2D eigenvalue weighted by atomic mass is 9.77. The van der Waals surface area contributed by atoms with Crippen molar-refractivity contribution >= 4 is 72.1 Å². The van der Waals surface area contributed by atoms with Crippen LogP contribution in [0.4, 0.5) is 39.8 Å². The number of fused-ring (bicyclic) bond motifs is 3. The van der Waals surface area contributed by atoms with Crippen molar-refractivity contribution in [1.82, 2.24) is 0 Å². The zero-order chi connectivity index (χ0) is 45.4. The van der Waals surface area contributed by atoms with Crippen LogP contribution >= 0.6 is 0 Å². The molecule has 0 bridgehead atoms.